The molecule has 0 fully saturated rings. The first-order valence-electron chi connectivity index (χ1n) is 9.94. The summed E-state index contributed by atoms with van der Waals surface area (Å²) in [6.07, 6.45) is 6.19. The van der Waals surface area contributed by atoms with E-state index in [1.165, 1.54) is 22.4 Å². The summed E-state index contributed by atoms with van der Waals surface area (Å²) in [5, 5.41) is 7.80. The van der Waals surface area contributed by atoms with E-state index in [-0.39, 0.29) is 11.9 Å². The molecule has 0 aliphatic heterocycles. The number of hydrogen-bond acceptors (Lipinski definition) is 6. The Labute approximate surface area is 173 Å². The van der Waals surface area contributed by atoms with Crippen molar-refractivity contribution in [2.45, 2.75) is 52.9 Å². The molecule has 29 heavy (non-hydrogen) atoms. The maximum absolute atomic E-state index is 13.1. The third kappa shape index (κ3) is 3.64. The first kappa shape index (κ1) is 19.6. The van der Waals surface area contributed by atoms with Gasteiger partial charge in [0.15, 0.2) is 5.65 Å². The number of nitrogens with one attached hydrogen (secondary N) is 1. The standard InChI is InChI=1S/C21H24N4O3S/c1-4-9-28-21(27)17-14-7-5-6-8-16(14)29-20(17)24-19(26)15-11-22-25-13(3)10-12(2)23-18(15)25/h10-11H,4-9H2,1-3H3,(H,24,26). The van der Waals surface area contributed by atoms with Gasteiger partial charge in [-0.15, -0.1) is 11.3 Å². The average molecular weight is 413 g/mol. The van der Waals surface area contributed by atoms with Crippen LogP contribution in [0.1, 0.15) is 68.7 Å². The second kappa shape index (κ2) is 7.94. The molecule has 3 aromatic heterocycles. The van der Waals surface area contributed by atoms with Crippen LogP contribution in [0.25, 0.3) is 5.65 Å². The summed E-state index contributed by atoms with van der Waals surface area (Å²) >= 11 is 1.48. The number of fused-ring (bicyclic) bond motifs is 2. The van der Waals surface area contributed by atoms with E-state index >= 15 is 0 Å². The molecular formula is C21H24N4O3S. The molecule has 0 radical (unpaired) electrons. The molecule has 1 N–H and O–H groups in total. The van der Waals surface area contributed by atoms with Gasteiger partial charge in [-0.05, 0) is 57.6 Å². The minimum atomic E-state index is -0.355. The number of thiophene rings is 1. The van der Waals surface area contributed by atoms with Gasteiger partial charge in [0.2, 0.25) is 0 Å². The monoisotopic (exact) mass is 412 g/mol. The van der Waals surface area contributed by atoms with Crippen molar-refractivity contribution in [2.75, 3.05) is 11.9 Å². The van der Waals surface area contributed by atoms with Crippen molar-refractivity contribution in [1.29, 1.82) is 0 Å². The van der Waals surface area contributed by atoms with Crippen LogP contribution in [0.2, 0.25) is 0 Å². The fourth-order valence-electron chi connectivity index (χ4n) is 3.74. The lowest BCUT2D eigenvalue weighted by Gasteiger charge is -2.12. The van der Waals surface area contributed by atoms with Gasteiger partial charge in [0.05, 0.1) is 18.4 Å². The smallest absolute Gasteiger partial charge is 0.341 e. The van der Waals surface area contributed by atoms with Crippen LogP contribution in [0.15, 0.2) is 12.3 Å². The molecule has 1 amide bonds. The number of hydrogen-bond donors (Lipinski definition) is 1. The molecule has 0 atom stereocenters. The molecule has 0 spiro atoms. The van der Waals surface area contributed by atoms with Crippen LogP contribution >= 0.6 is 11.3 Å². The Morgan fingerprint density at radius 3 is 2.86 bits per heavy atom. The van der Waals surface area contributed by atoms with Gasteiger partial charge >= 0.3 is 5.97 Å². The Morgan fingerprint density at radius 2 is 2.07 bits per heavy atom. The number of rotatable bonds is 5. The number of anilines is 1. The lowest BCUT2D eigenvalue weighted by Crippen LogP contribution is -2.16. The number of amides is 1. The Balaban J connectivity index is 1.70. The van der Waals surface area contributed by atoms with Crippen molar-refractivity contribution in [1.82, 2.24) is 14.6 Å². The molecule has 0 saturated heterocycles. The number of aryl methyl sites for hydroxylation is 3. The van der Waals surface area contributed by atoms with E-state index in [1.807, 2.05) is 26.8 Å². The Kier molecular flexibility index (Phi) is 5.36. The minimum Gasteiger partial charge on any atom is -0.462 e. The Morgan fingerprint density at radius 1 is 1.28 bits per heavy atom. The van der Waals surface area contributed by atoms with Crippen LogP contribution in [-0.4, -0.2) is 33.1 Å². The molecule has 0 unspecified atom stereocenters. The van der Waals surface area contributed by atoms with Gasteiger partial charge in [0, 0.05) is 16.3 Å². The molecule has 0 bridgehead atoms. The SMILES string of the molecule is CCCOC(=O)c1c(NC(=O)c2cnn3c(C)cc(C)nc23)sc2c1CCCC2. The zero-order valence-corrected chi connectivity index (χ0v) is 17.7. The normalized spacial score (nSPS) is 13.3. The molecule has 3 heterocycles. The van der Waals surface area contributed by atoms with Gasteiger partial charge in [0.25, 0.3) is 5.91 Å². The van der Waals surface area contributed by atoms with Gasteiger partial charge in [-0.3, -0.25) is 4.79 Å². The summed E-state index contributed by atoms with van der Waals surface area (Å²) < 4.78 is 7.05. The average Bonchev–Trinajstić information content (AvgIpc) is 3.27. The van der Waals surface area contributed by atoms with Crippen molar-refractivity contribution in [2.24, 2.45) is 0 Å². The van der Waals surface area contributed by atoms with Gasteiger partial charge in [-0.2, -0.15) is 5.10 Å². The van der Waals surface area contributed by atoms with Crippen LogP contribution in [0.5, 0.6) is 0 Å². The second-order valence-corrected chi connectivity index (χ2v) is 8.44. The summed E-state index contributed by atoms with van der Waals surface area (Å²) in [6.45, 7) is 6.14. The second-order valence-electron chi connectivity index (χ2n) is 7.34. The number of carbonyl (C=O) groups excluding carboxylic acids is 2. The predicted molar refractivity (Wildman–Crippen MR) is 112 cm³/mol. The molecule has 1 aliphatic rings. The number of ether oxygens (including phenoxy) is 1. The number of aromatic nitrogens is 3. The van der Waals surface area contributed by atoms with Crippen LogP contribution in [0.3, 0.4) is 0 Å². The summed E-state index contributed by atoms with van der Waals surface area (Å²) in [5.41, 5.74) is 4.17. The van der Waals surface area contributed by atoms with Crippen LogP contribution in [-0.2, 0) is 17.6 Å². The van der Waals surface area contributed by atoms with Crippen LogP contribution in [0, 0.1) is 13.8 Å². The van der Waals surface area contributed by atoms with E-state index in [1.54, 1.807) is 4.52 Å². The van der Waals surface area contributed by atoms with Crippen molar-refractivity contribution >= 4 is 33.9 Å². The van der Waals surface area contributed by atoms with Crippen molar-refractivity contribution < 1.29 is 14.3 Å². The van der Waals surface area contributed by atoms with E-state index in [2.05, 4.69) is 15.4 Å². The Bertz CT molecular complexity index is 1100. The molecule has 0 saturated carbocycles. The zero-order valence-electron chi connectivity index (χ0n) is 16.9. The molecular weight excluding hydrogens is 388 g/mol. The van der Waals surface area contributed by atoms with Gasteiger partial charge in [0.1, 0.15) is 10.6 Å². The topological polar surface area (TPSA) is 85.6 Å². The fraction of sp³-hybridized carbons (Fsp3) is 0.429. The van der Waals surface area contributed by atoms with E-state index in [9.17, 15) is 9.59 Å². The lowest BCUT2D eigenvalue weighted by atomic mass is 9.95. The predicted octanol–water partition coefficient (Wildman–Crippen LogP) is 4.11. The quantitative estimate of drug-likeness (QED) is 0.638. The van der Waals surface area contributed by atoms with Gasteiger partial charge in [-0.25, -0.2) is 14.3 Å². The minimum absolute atomic E-state index is 0.319. The summed E-state index contributed by atoms with van der Waals surface area (Å²) in [5.74, 6) is -0.674. The highest BCUT2D eigenvalue weighted by atomic mass is 32.1. The highest BCUT2D eigenvalue weighted by Gasteiger charge is 2.28. The number of nitrogens with zero attached hydrogens (tertiary/aromatic N) is 3. The highest BCUT2D eigenvalue weighted by molar-refractivity contribution is 7.17. The molecule has 152 valence electrons. The largest absolute Gasteiger partial charge is 0.462 e. The number of esters is 1. The van der Waals surface area contributed by atoms with Gasteiger partial charge < -0.3 is 10.1 Å². The molecule has 7 nitrogen and oxygen atoms in total. The molecule has 8 heteroatoms. The van der Waals surface area contributed by atoms with Crippen LogP contribution < -0.4 is 5.32 Å². The summed E-state index contributed by atoms with van der Waals surface area (Å²) in [7, 11) is 0. The molecule has 4 rings (SSSR count). The third-order valence-corrected chi connectivity index (χ3v) is 6.27. The Hall–Kier alpha value is -2.74. The number of carbonyl (C=O) groups is 2. The summed E-state index contributed by atoms with van der Waals surface area (Å²) in [6, 6.07) is 1.91. The van der Waals surface area contributed by atoms with Gasteiger partial charge in [-0.1, -0.05) is 6.92 Å². The molecule has 3 aromatic rings. The van der Waals surface area contributed by atoms with Crippen molar-refractivity contribution in [3.63, 3.8) is 0 Å². The fourth-order valence-corrected chi connectivity index (χ4v) is 5.01. The first-order chi connectivity index (χ1) is 14.0. The molecule has 0 aromatic carbocycles. The van der Waals surface area contributed by atoms with E-state index in [0.29, 0.717) is 28.4 Å². The first-order valence-corrected chi connectivity index (χ1v) is 10.8. The lowest BCUT2D eigenvalue weighted by molar-refractivity contribution is 0.0505. The van der Waals surface area contributed by atoms with E-state index < -0.39 is 0 Å². The third-order valence-electron chi connectivity index (χ3n) is 5.06. The van der Waals surface area contributed by atoms with Crippen molar-refractivity contribution in [3.05, 3.63) is 45.2 Å². The zero-order chi connectivity index (χ0) is 20.5. The summed E-state index contributed by atoms with van der Waals surface area (Å²) in [4.78, 5) is 31.4. The highest BCUT2D eigenvalue weighted by Crippen LogP contribution is 2.39. The van der Waals surface area contributed by atoms with Crippen LogP contribution in [0.4, 0.5) is 5.00 Å². The molecule has 1 aliphatic carbocycles. The maximum atomic E-state index is 13.1. The maximum Gasteiger partial charge on any atom is 0.341 e. The van der Waals surface area contributed by atoms with E-state index in [4.69, 9.17) is 4.74 Å². The van der Waals surface area contributed by atoms with Crippen molar-refractivity contribution in [3.8, 4) is 0 Å². The van der Waals surface area contributed by atoms with E-state index in [0.717, 1.165) is 49.1 Å².